The molecule has 0 aromatic heterocycles. The molecule has 2 fully saturated rings. The van der Waals surface area contributed by atoms with E-state index in [9.17, 15) is 0 Å². The van der Waals surface area contributed by atoms with E-state index in [1.165, 1.54) is 46.9 Å². The maximum Gasteiger partial charge on any atom is 0.290 e. The van der Waals surface area contributed by atoms with Gasteiger partial charge in [-0.2, -0.15) is 0 Å². The van der Waals surface area contributed by atoms with Gasteiger partial charge in [0.05, 0.1) is 6.10 Å². The number of rotatable bonds is 7. The predicted octanol–water partition coefficient (Wildman–Crippen LogP) is 8.73. The molecule has 1 N–H and O–H groups in total. The van der Waals surface area contributed by atoms with E-state index in [0.29, 0.717) is 6.10 Å². The van der Waals surface area contributed by atoms with E-state index < -0.39 is 0 Å². The lowest BCUT2D eigenvalue weighted by Crippen LogP contribution is -2.34. The summed E-state index contributed by atoms with van der Waals surface area (Å²) in [7, 11) is 0. The molecule has 0 atom stereocenters. The van der Waals surface area contributed by atoms with Gasteiger partial charge >= 0.3 is 0 Å². The normalized spacial score (nSPS) is 16.3. The van der Waals surface area contributed by atoms with Crippen LogP contribution in [0.1, 0.15) is 38.5 Å². The summed E-state index contributed by atoms with van der Waals surface area (Å²) in [6.45, 7) is 1.79. The maximum absolute atomic E-state index is 8.36. The van der Waals surface area contributed by atoms with E-state index in [0.717, 1.165) is 48.0 Å². The lowest BCUT2D eigenvalue weighted by Gasteiger charge is -2.31. The van der Waals surface area contributed by atoms with Crippen molar-refractivity contribution in [2.24, 2.45) is 0 Å². The molecular formula is C33H34ClNO4S. The smallest absolute Gasteiger partial charge is 0.290 e. The zero-order valence-electron chi connectivity index (χ0n) is 22.4. The molecule has 0 amide bonds. The van der Waals surface area contributed by atoms with Crippen molar-refractivity contribution in [3.63, 3.8) is 0 Å². The molecule has 0 bridgehead atoms. The van der Waals surface area contributed by atoms with Crippen molar-refractivity contribution in [3.8, 4) is 22.6 Å². The van der Waals surface area contributed by atoms with Crippen LogP contribution in [0.4, 0.5) is 0 Å². The predicted molar refractivity (Wildman–Crippen MR) is 163 cm³/mol. The van der Waals surface area contributed by atoms with Crippen molar-refractivity contribution in [1.82, 2.24) is 4.31 Å². The molecule has 4 aromatic rings. The first kappa shape index (κ1) is 28.3. The molecule has 0 radical (unpaired) electrons. The third kappa shape index (κ3) is 7.72. The van der Waals surface area contributed by atoms with Gasteiger partial charge in [0.1, 0.15) is 17.6 Å². The fourth-order valence-corrected chi connectivity index (χ4v) is 6.41. The van der Waals surface area contributed by atoms with Gasteiger partial charge in [-0.3, -0.25) is 4.79 Å². The van der Waals surface area contributed by atoms with E-state index >= 15 is 0 Å². The Labute approximate surface area is 245 Å². The molecule has 4 aromatic carbocycles. The number of nitrogens with zero attached hydrogens (tertiary/aromatic N) is 1. The third-order valence-electron chi connectivity index (χ3n) is 7.36. The molecule has 1 saturated carbocycles. The summed E-state index contributed by atoms with van der Waals surface area (Å²) in [6, 6.07) is 29.6. The van der Waals surface area contributed by atoms with E-state index in [2.05, 4.69) is 65.0 Å². The number of hydrogen-bond acceptors (Lipinski definition) is 5. The van der Waals surface area contributed by atoms with Crippen molar-refractivity contribution in [2.45, 2.75) is 55.6 Å². The Bertz CT molecular complexity index is 1380. The van der Waals surface area contributed by atoms with Gasteiger partial charge < -0.3 is 14.6 Å². The number of halogens is 1. The Morgan fingerprint density at radius 3 is 1.93 bits per heavy atom. The Hall–Kier alpha value is -3.19. The summed E-state index contributed by atoms with van der Waals surface area (Å²) < 4.78 is 15.0. The van der Waals surface area contributed by atoms with E-state index in [1.54, 1.807) is 0 Å². The second kappa shape index (κ2) is 13.9. The van der Waals surface area contributed by atoms with Crippen molar-refractivity contribution >= 4 is 40.8 Å². The Kier molecular flexibility index (Phi) is 9.87. The molecular weight excluding hydrogens is 542 g/mol. The van der Waals surface area contributed by atoms with Gasteiger partial charge in [-0.1, -0.05) is 48.0 Å². The molecule has 40 heavy (non-hydrogen) atoms. The Morgan fingerprint density at radius 1 is 0.725 bits per heavy atom. The van der Waals surface area contributed by atoms with Crippen molar-refractivity contribution in [2.75, 3.05) is 13.1 Å². The van der Waals surface area contributed by atoms with Gasteiger partial charge in [0.2, 0.25) is 0 Å². The van der Waals surface area contributed by atoms with Crippen LogP contribution in [-0.4, -0.2) is 41.2 Å². The van der Waals surface area contributed by atoms with Crippen LogP contribution in [0.25, 0.3) is 21.9 Å². The molecule has 0 spiro atoms. The lowest BCUT2D eigenvalue weighted by molar-refractivity contribution is -0.122. The van der Waals surface area contributed by atoms with Crippen LogP contribution in [0.3, 0.4) is 0 Å². The molecule has 5 nitrogen and oxygen atoms in total. The van der Waals surface area contributed by atoms with Crippen LogP contribution in [0, 0.1) is 0 Å². The average molecular weight is 576 g/mol. The summed E-state index contributed by atoms with van der Waals surface area (Å²) in [6.07, 6.45) is 7.67. The fraction of sp³-hybridized carbons (Fsp3) is 0.303. The molecule has 0 unspecified atom stereocenters. The van der Waals surface area contributed by atoms with Gasteiger partial charge in [0.15, 0.2) is 0 Å². The van der Waals surface area contributed by atoms with Gasteiger partial charge in [-0.05, 0) is 121 Å². The number of hydrogen-bond donors (Lipinski definition) is 1. The summed E-state index contributed by atoms with van der Waals surface area (Å²) in [5.74, 6) is 1.94. The fourth-order valence-electron chi connectivity index (χ4n) is 5.28. The monoisotopic (exact) mass is 575 g/mol. The van der Waals surface area contributed by atoms with Gasteiger partial charge in [0.25, 0.3) is 6.47 Å². The second-order valence-electron chi connectivity index (χ2n) is 10.2. The molecule has 1 heterocycles. The van der Waals surface area contributed by atoms with Gasteiger partial charge in [-0.25, -0.2) is 4.31 Å². The highest BCUT2D eigenvalue weighted by Crippen LogP contribution is 2.32. The molecule has 1 saturated heterocycles. The van der Waals surface area contributed by atoms with E-state index in [1.807, 2.05) is 36.2 Å². The first-order valence-electron chi connectivity index (χ1n) is 13.8. The highest BCUT2D eigenvalue weighted by molar-refractivity contribution is 7.97. The summed E-state index contributed by atoms with van der Waals surface area (Å²) in [5.41, 5.74) is 2.33. The van der Waals surface area contributed by atoms with Crippen LogP contribution < -0.4 is 9.47 Å². The standard InChI is InChI=1S/C32H32ClNO2S.CH2O2/c33-27-11-5-23(6-12-27)24-7-13-29(14-8-24)35-30-17-19-34(20-18-30)37-32-16-10-25-21-31(15-9-26(25)22-32)36-28-3-1-2-4-28;2-1-3/h5-16,21-22,28,30H,1-4,17-20H2;1H,(H,2,3). The number of ether oxygens (including phenoxy) is 2. The number of carbonyl (C=O) groups is 1. The van der Waals surface area contributed by atoms with E-state index in [4.69, 9.17) is 31.0 Å². The SMILES string of the molecule is Clc1ccc(-c2ccc(OC3CCN(Sc4ccc5cc(OC6CCCC6)ccc5c4)CC3)cc2)cc1.O=CO. The average Bonchev–Trinajstić information content (AvgIpc) is 3.49. The highest BCUT2D eigenvalue weighted by Gasteiger charge is 2.22. The first-order valence-corrected chi connectivity index (χ1v) is 15.0. The quantitative estimate of drug-likeness (QED) is 0.176. The summed E-state index contributed by atoms with van der Waals surface area (Å²) in [4.78, 5) is 9.65. The minimum atomic E-state index is -0.250. The highest BCUT2D eigenvalue weighted by atomic mass is 35.5. The lowest BCUT2D eigenvalue weighted by atomic mass is 10.1. The third-order valence-corrected chi connectivity index (χ3v) is 8.70. The minimum Gasteiger partial charge on any atom is -0.490 e. The minimum absolute atomic E-state index is 0.250. The summed E-state index contributed by atoms with van der Waals surface area (Å²) in [5, 5.41) is 10.2. The van der Waals surface area contributed by atoms with Crippen LogP contribution in [-0.2, 0) is 4.79 Å². The molecule has 6 rings (SSSR count). The van der Waals surface area contributed by atoms with Crippen LogP contribution in [0.2, 0.25) is 5.02 Å². The van der Waals surface area contributed by atoms with Crippen molar-refractivity contribution in [3.05, 3.63) is 90.0 Å². The number of carboxylic acid groups (broad SMARTS) is 1. The van der Waals surface area contributed by atoms with Crippen LogP contribution >= 0.6 is 23.5 Å². The molecule has 1 aliphatic carbocycles. The van der Waals surface area contributed by atoms with E-state index in [-0.39, 0.29) is 12.6 Å². The molecule has 2 aliphatic rings. The first-order chi connectivity index (χ1) is 19.6. The topological polar surface area (TPSA) is 59.0 Å². The van der Waals surface area contributed by atoms with Crippen LogP contribution in [0.5, 0.6) is 11.5 Å². The van der Waals surface area contributed by atoms with Crippen molar-refractivity contribution < 1.29 is 19.4 Å². The molecule has 1 aliphatic heterocycles. The Balaban J connectivity index is 0.00000103. The molecule has 208 valence electrons. The number of piperidine rings is 1. The largest absolute Gasteiger partial charge is 0.490 e. The molecule has 7 heteroatoms. The second-order valence-corrected chi connectivity index (χ2v) is 11.8. The number of fused-ring (bicyclic) bond motifs is 1. The van der Waals surface area contributed by atoms with Gasteiger partial charge in [-0.15, -0.1) is 0 Å². The Morgan fingerprint density at radius 2 is 1.25 bits per heavy atom. The van der Waals surface area contributed by atoms with Crippen molar-refractivity contribution in [1.29, 1.82) is 0 Å². The zero-order valence-corrected chi connectivity index (χ0v) is 23.9. The number of benzene rings is 4. The maximum atomic E-state index is 8.36. The van der Waals surface area contributed by atoms with Gasteiger partial charge in [0, 0.05) is 23.0 Å². The van der Waals surface area contributed by atoms with Crippen LogP contribution in [0.15, 0.2) is 89.8 Å². The summed E-state index contributed by atoms with van der Waals surface area (Å²) >= 11 is 7.87. The zero-order chi connectivity index (χ0) is 27.7.